The van der Waals surface area contributed by atoms with Crippen LogP contribution >= 0.6 is 11.3 Å². The normalized spacial score (nSPS) is 10.6. The summed E-state index contributed by atoms with van der Waals surface area (Å²) < 4.78 is 10.2. The molecule has 0 bridgehead atoms. The van der Waals surface area contributed by atoms with E-state index in [0.29, 0.717) is 22.0 Å². The quantitative estimate of drug-likeness (QED) is 0.686. The summed E-state index contributed by atoms with van der Waals surface area (Å²) in [6, 6.07) is 11.5. The van der Waals surface area contributed by atoms with Crippen molar-refractivity contribution >= 4 is 17.3 Å². The van der Waals surface area contributed by atoms with Gasteiger partial charge in [-0.15, -0.1) is 11.3 Å². The van der Waals surface area contributed by atoms with Crippen LogP contribution in [0, 0.1) is 13.8 Å². The Morgan fingerprint density at radius 2 is 2.05 bits per heavy atom. The van der Waals surface area contributed by atoms with Crippen molar-refractivity contribution in [3.8, 4) is 10.6 Å². The topological polar surface area (TPSA) is 65.2 Å². The molecule has 0 amide bonds. The van der Waals surface area contributed by atoms with Gasteiger partial charge in [0.05, 0.1) is 5.69 Å². The number of esters is 1. The molecule has 112 valence electrons. The fourth-order valence-electron chi connectivity index (χ4n) is 1.98. The summed E-state index contributed by atoms with van der Waals surface area (Å²) in [5, 5.41) is 4.60. The Bertz CT molecular complexity index is 793. The summed E-state index contributed by atoms with van der Waals surface area (Å²) in [5.74, 6) is 0.296. The van der Waals surface area contributed by atoms with E-state index < -0.39 is 5.97 Å². The second kappa shape index (κ2) is 6.11. The maximum absolute atomic E-state index is 12.2. The molecule has 1 aromatic carbocycles. The fraction of sp³-hybridized carbons (Fsp3) is 0.188. The average Bonchev–Trinajstić information content (AvgIpc) is 3.12. The molecular weight excluding hydrogens is 300 g/mol. The molecule has 3 aromatic rings. The van der Waals surface area contributed by atoms with Crippen molar-refractivity contribution in [3.05, 3.63) is 58.4 Å². The molecular formula is C16H14N2O3S. The van der Waals surface area contributed by atoms with Crippen LogP contribution in [0.25, 0.3) is 10.6 Å². The molecule has 0 saturated heterocycles. The maximum atomic E-state index is 12.2. The zero-order valence-electron chi connectivity index (χ0n) is 12.2. The minimum atomic E-state index is -0.391. The van der Waals surface area contributed by atoms with Gasteiger partial charge in [0.25, 0.3) is 0 Å². The molecule has 5 nitrogen and oxygen atoms in total. The summed E-state index contributed by atoms with van der Waals surface area (Å²) in [7, 11) is 0. The van der Waals surface area contributed by atoms with Gasteiger partial charge in [-0.2, -0.15) is 0 Å². The molecule has 2 aromatic heterocycles. The van der Waals surface area contributed by atoms with E-state index in [9.17, 15) is 4.79 Å². The van der Waals surface area contributed by atoms with Gasteiger partial charge in [-0.1, -0.05) is 35.5 Å². The number of carbonyl (C=O) groups is 1. The van der Waals surface area contributed by atoms with Gasteiger partial charge in [-0.25, -0.2) is 9.78 Å². The molecule has 0 atom stereocenters. The third-order valence-corrected chi connectivity index (χ3v) is 4.22. The number of hydrogen-bond donors (Lipinski definition) is 0. The molecule has 0 radical (unpaired) electrons. The first-order valence-corrected chi connectivity index (χ1v) is 7.57. The molecule has 3 rings (SSSR count). The number of carbonyl (C=O) groups excluding carboxylic acids is 1. The lowest BCUT2D eigenvalue weighted by molar-refractivity contribution is 0.0469. The minimum Gasteiger partial charge on any atom is -0.455 e. The van der Waals surface area contributed by atoms with Crippen molar-refractivity contribution < 1.29 is 14.1 Å². The van der Waals surface area contributed by atoms with Gasteiger partial charge in [-0.3, -0.25) is 0 Å². The van der Waals surface area contributed by atoms with Crippen LogP contribution in [-0.2, 0) is 11.3 Å². The van der Waals surface area contributed by atoms with E-state index >= 15 is 0 Å². The first kappa shape index (κ1) is 14.5. The van der Waals surface area contributed by atoms with E-state index in [4.69, 9.17) is 9.26 Å². The van der Waals surface area contributed by atoms with Crippen LogP contribution in [0.5, 0.6) is 0 Å². The molecule has 0 aliphatic carbocycles. The molecule has 0 unspecified atom stereocenters. The molecule has 2 heterocycles. The second-order valence-electron chi connectivity index (χ2n) is 4.80. The highest BCUT2D eigenvalue weighted by Crippen LogP contribution is 2.28. The third-order valence-electron chi connectivity index (χ3n) is 3.03. The smallest absolute Gasteiger partial charge is 0.350 e. The van der Waals surface area contributed by atoms with Crippen LogP contribution in [0.3, 0.4) is 0 Å². The number of rotatable bonds is 4. The Labute approximate surface area is 131 Å². The molecule has 0 fully saturated rings. The highest BCUT2D eigenvalue weighted by Gasteiger charge is 2.18. The number of aromatic nitrogens is 2. The standard InChI is InChI=1S/C16H14N2O3S/c1-10-8-13(18-21-10)9-20-16(19)14-11(2)17-15(22-14)12-6-4-3-5-7-12/h3-8H,9H2,1-2H3. The zero-order chi connectivity index (χ0) is 15.5. The number of aryl methyl sites for hydroxylation is 2. The Hall–Kier alpha value is -2.47. The second-order valence-corrected chi connectivity index (χ2v) is 5.80. The highest BCUT2D eigenvalue weighted by atomic mass is 32.1. The van der Waals surface area contributed by atoms with Gasteiger partial charge in [0.15, 0.2) is 0 Å². The monoisotopic (exact) mass is 314 g/mol. The van der Waals surface area contributed by atoms with Crippen LogP contribution in [0.1, 0.15) is 26.8 Å². The molecule has 6 heteroatoms. The molecule has 22 heavy (non-hydrogen) atoms. The third kappa shape index (κ3) is 3.07. The predicted octanol–water partition coefficient (Wildman–Crippen LogP) is 3.77. The average molecular weight is 314 g/mol. The van der Waals surface area contributed by atoms with Gasteiger partial charge in [0, 0.05) is 11.6 Å². The summed E-state index contributed by atoms with van der Waals surface area (Å²) >= 11 is 1.33. The Balaban J connectivity index is 1.74. The van der Waals surface area contributed by atoms with Gasteiger partial charge < -0.3 is 9.26 Å². The van der Waals surface area contributed by atoms with Gasteiger partial charge >= 0.3 is 5.97 Å². The maximum Gasteiger partial charge on any atom is 0.350 e. The van der Waals surface area contributed by atoms with E-state index in [1.807, 2.05) is 30.3 Å². The predicted molar refractivity (Wildman–Crippen MR) is 82.6 cm³/mol. The largest absolute Gasteiger partial charge is 0.455 e. The lowest BCUT2D eigenvalue weighted by Gasteiger charge is -2.00. The molecule has 0 aliphatic rings. The number of hydrogen-bond acceptors (Lipinski definition) is 6. The Kier molecular flexibility index (Phi) is 4.02. The van der Waals surface area contributed by atoms with Crippen molar-refractivity contribution in [2.75, 3.05) is 0 Å². The first-order chi connectivity index (χ1) is 10.6. The van der Waals surface area contributed by atoms with Crippen molar-refractivity contribution in [1.82, 2.24) is 10.1 Å². The van der Waals surface area contributed by atoms with Crippen LogP contribution in [0.2, 0.25) is 0 Å². The molecule has 0 spiro atoms. The molecule has 0 saturated carbocycles. The van der Waals surface area contributed by atoms with Crippen LogP contribution in [0.15, 0.2) is 40.9 Å². The number of ether oxygens (including phenoxy) is 1. The Morgan fingerprint density at radius 1 is 1.27 bits per heavy atom. The van der Waals surface area contributed by atoms with Crippen molar-refractivity contribution in [1.29, 1.82) is 0 Å². The van der Waals surface area contributed by atoms with Gasteiger partial charge in [0.1, 0.15) is 27.9 Å². The molecule has 0 aliphatic heterocycles. The highest BCUT2D eigenvalue weighted by molar-refractivity contribution is 7.17. The minimum absolute atomic E-state index is 0.0915. The van der Waals surface area contributed by atoms with E-state index in [1.165, 1.54) is 11.3 Å². The van der Waals surface area contributed by atoms with Gasteiger partial charge in [0.2, 0.25) is 0 Å². The Morgan fingerprint density at radius 3 is 2.73 bits per heavy atom. The van der Waals surface area contributed by atoms with Crippen molar-refractivity contribution in [2.45, 2.75) is 20.5 Å². The van der Waals surface area contributed by atoms with E-state index in [-0.39, 0.29) is 6.61 Å². The number of thiazole rings is 1. The van der Waals surface area contributed by atoms with E-state index in [2.05, 4.69) is 10.1 Å². The van der Waals surface area contributed by atoms with E-state index in [0.717, 1.165) is 10.6 Å². The SMILES string of the molecule is Cc1cc(COC(=O)c2sc(-c3ccccc3)nc2C)no1. The lowest BCUT2D eigenvalue weighted by Crippen LogP contribution is -2.05. The van der Waals surface area contributed by atoms with E-state index in [1.54, 1.807) is 19.9 Å². The van der Waals surface area contributed by atoms with Crippen molar-refractivity contribution in [3.63, 3.8) is 0 Å². The molecule has 0 N–H and O–H groups in total. The van der Waals surface area contributed by atoms with Crippen LogP contribution < -0.4 is 0 Å². The fourth-order valence-corrected chi connectivity index (χ4v) is 2.95. The zero-order valence-corrected chi connectivity index (χ0v) is 13.0. The lowest BCUT2D eigenvalue weighted by atomic mass is 10.2. The summed E-state index contributed by atoms with van der Waals surface area (Å²) in [6.07, 6.45) is 0. The number of benzene rings is 1. The van der Waals surface area contributed by atoms with Crippen LogP contribution in [0.4, 0.5) is 0 Å². The van der Waals surface area contributed by atoms with Gasteiger partial charge in [-0.05, 0) is 13.8 Å². The summed E-state index contributed by atoms with van der Waals surface area (Å²) in [6.45, 7) is 3.69. The summed E-state index contributed by atoms with van der Waals surface area (Å²) in [5.41, 5.74) is 2.25. The first-order valence-electron chi connectivity index (χ1n) is 6.75. The number of nitrogens with zero attached hydrogens (tertiary/aromatic N) is 2. The van der Waals surface area contributed by atoms with Crippen molar-refractivity contribution in [2.24, 2.45) is 0 Å². The van der Waals surface area contributed by atoms with Crippen LogP contribution in [-0.4, -0.2) is 16.1 Å². The summed E-state index contributed by atoms with van der Waals surface area (Å²) in [4.78, 5) is 17.1.